The van der Waals surface area contributed by atoms with Crippen LogP contribution < -0.4 is 0 Å². The second-order valence-electron chi connectivity index (χ2n) is 3.42. The highest BCUT2D eigenvalue weighted by Crippen LogP contribution is 2.22. The van der Waals surface area contributed by atoms with Crippen LogP contribution in [0.25, 0.3) is 0 Å². The number of Topliss-reactive ketones (excluding diaryl/α,β-unsaturated/α-hetero) is 1. The van der Waals surface area contributed by atoms with Gasteiger partial charge in [-0.3, -0.25) is 4.79 Å². The van der Waals surface area contributed by atoms with E-state index in [4.69, 9.17) is 23.2 Å². The van der Waals surface area contributed by atoms with Crippen LogP contribution in [0.2, 0.25) is 10.0 Å². The van der Waals surface area contributed by atoms with Crippen molar-refractivity contribution < 1.29 is 4.79 Å². The Morgan fingerprint density at radius 2 is 2.06 bits per heavy atom. The average Bonchev–Trinajstić information content (AvgIpc) is 2.30. The van der Waals surface area contributed by atoms with E-state index in [2.05, 4.69) is 9.97 Å². The molecule has 0 saturated heterocycles. The van der Waals surface area contributed by atoms with Gasteiger partial charge in [-0.05, 0) is 24.3 Å². The van der Waals surface area contributed by atoms with Crippen LogP contribution in [0.15, 0.2) is 36.8 Å². The number of halogens is 2. The Hall–Kier alpha value is -1.45. The zero-order chi connectivity index (χ0) is 12.3. The van der Waals surface area contributed by atoms with Gasteiger partial charge in [0, 0.05) is 16.8 Å². The number of rotatable bonds is 3. The van der Waals surface area contributed by atoms with E-state index in [1.54, 1.807) is 30.5 Å². The summed E-state index contributed by atoms with van der Waals surface area (Å²) in [5, 5.41) is 0.866. The Kier molecular flexibility index (Phi) is 3.71. The standard InChI is InChI=1S/C12H8Cl2N2O/c13-8-1-2-10(11(14)5-8)12(17)6-9-3-4-15-7-16-9/h1-5,7H,6H2. The first kappa shape index (κ1) is 12.0. The third-order valence-electron chi connectivity index (χ3n) is 2.22. The fourth-order valence-corrected chi connectivity index (χ4v) is 1.91. The van der Waals surface area contributed by atoms with Gasteiger partial charge in [0.25, 0.3) is 0 Å². The van der Waals surface area contributed by atoms with Crippen molar-refractivity contribution in [3.8, 4) is 0 Å². The van der Waals surface area contributed by atoms with Crippen LogP contribution in [0, 0.1) is 0 Å². The van der Waals surface area contributed by atoms with Gasteiger partial charge in [-0.25, -0.2) is 9.97 Å². The van der Waals surface area contributed by atoms with Crippen LogP contribution in [0.1, 0.15) is 16.1 Å². The minimum Gasteiger partial charge on any atom is -0.294 e. The molecule has 0 aliphatic carbocycles. The lowest BCUT2D eigenvalue weighted by Crippen LogP contribution is -2.05. The Labute approximate surface area is 108 Å². The molecule has 0 bridgehead atoms. The van der Waals surface area contributed by atoms with E-state index in [1.807, 2.05) is 0 Å². The summed E-state index contributed by atoms with van der Waals surface area (Å²) in [5.41, 5.74) is 1.12. The van der Waals surface area contributed by atoms with Crippen LogP contribution in [0.4, 0.5) is 0 Å². The minimum absolute atomic E-state index is 0.0923. The van der Waals surface area contributed by atoms with Gasteiger partial charge < -0.3 is 0 Å². The second-order valence-corrected chi connectivity index (χ2v) is 4.27. The van der Waals surface area contributed by atoms with Gasteiger partial charge in [0.1, 0.15) is 6.33 Å². The molecule has 0 unspecified atom stereocenters. The molecule has 1 aromatic heterocycles. The molecule has 0 aliphatic rings. The molecular weight excluding hydrogens is 259 g/mol. The van der Waals surface area contributed by atoms with Crippen LogP contribution in [0.3, 0.4) is 0 Å². The predicted octanol–water partition coefficient (Wildman–Crippen LogP) is 3.21. The van der Waals surface area contributed by atoms with E-state index in [1.165, 1.54) is 6.33 Å². The minimum atomic E-state index is -0.0923. The summed E-state index contributed by atoms with van der Waals surface area (Å²) in [4.78, 5) is 19.7. The third kappa shape index (κ3) is 3.02. The van der Waals surface area contributed by atoms with Crippen LogP contribution in [-0.2, 0) is 6.42 Å². The first-order valence-corrected chi connectivity index (χ1v) is 5.65. The van der Waals surface area contributed by atoms with Crippen molar-refractivity contribution in [3.05, 3.63) is 58.1 Å². The molecule has 1 heterocycles. The van der Waals surface area contributed by atoms with Gasteiger partial charge >= 0.3 is 0 Å². The highest BCUT2D eigenvalue weighted by atomic mass is 35.5. The van der Waals surface area contributed by atoms with Crippen molar-refractivity contribution in [1.82, 2.24) is 9.97 Å². The summed E-state index contributed by atoms with van der Waals surface area (Å²) in [6.45, 7) is 0. The average molecular weight is 267 g/mol. The van der Waals surface area contributed by atoms with Gasteiger partial charge in [0.05, 0.1) is 17.1 Å². The molecule has 1 aromatic carbocycles. The van der Waals surface area contributed by atoms with Gasteiger partial charge in [-0.2, -0.15) is 0 Å². The molecule has 0 amide bonds. The highest BCUT2D eigenvalue weighted by Gasteiger charge is 2.11. The van der Waals surface area contributed by atoms with Crippen molar-refractivity contribution >= 4 is 29.0 Å². The number of carbonyl (C=O) groups is 1. The monoisotopic (exact) mass is 266 g/mol. The van der Waals surface area contributed by atoms with E-state index in [0.717, 1.165) is 0 Å². The number of hydrogen-bond acceptors (Lipinski definition) is 3. The molecule has 86 valence electrons. The van der Waals surface area contributed by atoms with Crippen molar-refractivity contribution in [2.24, 2.45) is 0 Å². The van der Waals surface area contributed by atoms with Gasteiger partial charge in [0.15, 0.2) is 5.78 Å². The molecular formula is C12H8Cl2N2O. The summed E-state index contributed by atoms with van der Waals surface area (Å²) in [6.07, 6.45) is 3.20. The summed E-state index contributed by atoms with van der Waals surface area (Å²) in [5.74, 6) is -0.0923. The molecule has 17 heavy (non-hydrogen) atoms. The largest absolute Gasteiger partial charge is 0.294 e. The van der Waals surface area contributed by atoms with Gasteiger partial charge in [0.2, 0.25) is 0 Å². The Bertz CT molecular complexity index is 543. The Morgan fingerprint density at radius 3 is 2.71 bits per heavy atom. The number of hydrogen-bond donors (Lipinski definition) is 0. The quantitative estimate of drug-likeness (QED) is 0.802. The molecule has 0 radical (unpaired) electrons. The topological polar surface area (TPSA) is 42.9 Å². The molecule has 0 atom stereocenters. The summed E-state index contributed by atoms with van der Waals surface area (Å²) < 4.78 is 0. The summed E-state index contributed by atoms with van der Waals surface area (Å²) in [7, 11) is 0. The normalized spacial score (nSPS) is 10.2. The van der Waals surface area contributed by atoms with E-state index in [-0.39, 0.29) is 12.2 Å². The summed E-state index contributed by atoms with van der Waals surface area (Å²) >= 11 is 11.7. The molecule has 3 nitrogen and oxygen atoms in total. The van der Waals surface area contributed by atoms with Crippen molar-refractivity contribution in [2.75, 3.05) is 0 Å². The number of nitrogens with zero attached hydrogens (tertiary/aromatic N) is 2. The maximum absolute atomic E-state index is 12.0. The third-order valence-corrected chi connectivity index (χ3v) is 2.76. The maximum Gasteiger partial charge on any atom is 0.170 e. The van der Waals surface area contributed by atoms with Gasteiger partial charge in [-0.15, -0.1) is 0 Å². The smallest absolute Gasteiger partial charge is 0.170 e. The fourth-order valence-electron chi connectivity index (χ4n) is 1.40. The van der Waals surface area contributed by atoms with Gasteiger partial charge in [-0.1, -0.05) is 23.2 Å². The van der Waals surface area contributed by atoms with Crippen LogP contribution in [-0.4, -0.2) is 15.8 Å². The molecule has 0 saturated carbocycles. The number of carbonyl (C=O) groups excluding carboxylic acids is 1. The molecule has 0 aliphatic heterocycles. The molecule has 0 N–H and O–H groups in total. The molecule has 0 spiro atoms. The number of ketones is 1. The predicted molar refractivity (Wildman–Crippen MR) is 66.5 cm³/mol. The lowest BCUT2D eigenvalue weighted by molar-refractivity contribution is 0.0992. The zero-order valence-corrected chi connectivity index (χ0v) is 10.2. The lowest BCUT2D eigenvalue weighted by atomic mass is 10.1. The molecule has 5 heteroatoms. The zero-order valence-electron chi connectivity index (χ0n) is 8.73. The molecule has 2 aromatic rings. The lowest BCUT2D eigenvalue weighted by Gasteiger charge is -2.03. The van der Waals surface area contributed by atoms with Crippen LogP contribution in [0.5, 0.6) is 0 Å². The van der Waals surface area contributed by atoms with E-state index in [9.17, 15) is 4.79 Å². The van der Waals surface area contributed by atoms with Crippen molar-refractivity contribution in [1.29, 1.82) is 0 Å². The number of benzene rings is 1. The summed E-state index contributed by atoms with van der Waals surface area (Å²) in [6, 6.07) is 6.51. The molecule has 0 fully saturated rings. The highest BCUT2D eigenvalue weighted by molar-refractivity contribution is 6.36. The molecule has 2 rings (SSSR count). The fraction of sp³-hybridized carbons (Fsp3) is 0.0833. The van der Waals surface area contributed by atoms with E-state index >= 15 is 0 Å². The van der Waals surface area contributed by atoms with Crippen molar-refractivity contribution in [3.63, 3.8) is 0 Å². The second kappa shape index (κ2) is 5.25. The van der Waals surface area contributed by atoms with E-state index < -0.39 is 0 Å². The Balaban J connectivity index is 2.21. The van der Waals surface area contributed by atoms with Crippen LogP contribution >= 0.6 is 23.2 Å². The number of aromatic nitrogens is 2. The maximum atomic E-state index is 12.0. The SMILES string of the molecule is O=C(Cc1ccncn1)c1ccc(Cl)cc1Cl. The van der Waals surface area contributed by atoms with Crippen molar-refractivity contribution in [2.45, 2.75) is 6.42 Å². The Morgan fingerprint density at radius 1 is 1.24 bits per heavy atom. The first-order chi connectivity index (χ1) is 8.16. The van der Waals surface area contributed by atoms with E-state index in [0.29, 0.717) is 21.3 Å². The first-order valence-electron chi connectivity index (χ1n) is 4.90.